The molecule has 1 aliphatic rings. The summed E-state index contributed by atoms with van der Waals surface area (Å²) >= 11 is 1.40. The van der Waals surface area contributed by atoms with Crippen molar-refractivity contribution in [1.82, 2.24) is 4.72 Å². The van der Waals surface area contributed by atoms with Crippen LogP contribution in [0.3, 0.4) is 0 Å². The van der Waals surface area contributed by atoms with E-state index in [1.165, 1.54) is 17.5 Å². The number of Topliss-reactive ketones (excluding diaryl/α,β-unsaturated/α-hetero) is 2. The lowest BCUT2D eigenvalue weighted by atomic mass is 9.96. The van der Waals surface area contributed by atoms with E-state index in [0.29, 0.717) is 18.6 Å². The van der Waals surface area contributed by atoms with E-state index < -0.39 is 6.04 Å². The Morgan fingerprint density at radius 3 is 2.64 bits per heavy atom. The average Bonchev–Trinajstić information content (AvgIpc) is 3.00. The molecule has 0 spiro atoms. The maximum absolute atomic E-state index is 12.0. The van der Waals surface area contributed by atoms with Crippen molar-refractivity contribution in [2.45, 2.75) is 38.6 Å². The Morgan fingerprint density at radius 2 is 1.95 bits per heavy atom. The van der Waals surface area contributed by atoms with Crippen molar-refractivity contribution in [2.75, 3.05) is 5.75 Å². The molecule has 0 aliphatic carbocycles. The van der Waals surface area contributed by atoms with Crippen molar-refractivity contribution in [1.29, 1.82) is 0 Å². The van der Waals surface area contributed by atoms with E-state index in [2.05, 4.69) is 4.72 Å². The fourth-order valence-electron chi connectivity index (χ4n) is 2.42. The number of rotatable bonds is 8. The van der Waals surface area contributed by atoms with Crippen LogP contribution in [0.15, 0.2) is 24.3 Å². The van der Waals surface area contributed by atoms with E-state index in [-0.39, 0.29) is 30.3 Å². The second-order valence-electron chi connectivity index (χ2n) is 5.70. The highest BCUT2D eigenvalue weighted by atomic mass is 32.2. The number of ketones is 2. The number of nitrogens with one attached hydrogen (secondary N) is 1. The zero-order valence-electron chi connectivity index (χ0n) is 12.7. The highest BCUT2D eigenvalue weighted by Crippen LogP contribution is 2.21. The van der Waals surface area contributed by atoms with Crippen LogP contribution in [0.1, 0.15) is 30.4 Å². The monoisotopic (exact) mass is 319 g/mol. The number of aryl methyl sites for hydroxylation is 2. The molecule has 0 saturated carbocycles. The first-order valence-electron chi connectivity index (χ1n) is 7.52. The zero-order valence-corrected chi connectivity index (χ0v) is 13.5. The largest absolute Gasteiger partial charge is 0.303 e. The van der Waals surface area contributed by atoms with Gasteiger partial charge in [-0.1, -0.05) is 41.8 Å². The van der Waals surface area contributed by atoms with Crippen LogP contribution in [0.4, 0.5) is 0 Å². The first-order chi connectivity index (χ1) is 10.6. The van der Waals surface area contributed by atoms with Crippen LogP contribution in [0.2, 0.25) is 0 Å². The van der Waals surface area contributed by atoms with Gasteiger partial charge in [0.15, 0.2) is 5.78 Å². The van der Waals surface area contributed by atoms with E-state index >= 15 is 0 Å². The lowest BCUT2D eigenvalue weighted by Gasteiger charge is -2.11. The van der Waals surface area contributed by atoms with Gasteiger partial charge in [-0.25, -0.2) is 0 Å². The van der Waals surface area contributed by atoms with E-state index in [1.54, 1.807) is 0 Å². The van der Waals surface area contributed by atoms with Crippen LogP contribution >= 0.6 is 11.9 Å². The van der Waals surface area contributed by atoms with Gasteiger partial charge in [0.25, 0.3) is 0 Å². The van der Waals surface area contributed by atoms with Crippen LogP contribution in [-0.4, -0.2) is 29.6 Å². The summed E-state index contributed by atoms with van der Waals surface area (Å²) in [6, 6.07) is 7.70. The molecule has 1 aromatic rings. The van der Waals surface area contributed by atoms with Crippen LogP contribution in [0.5, 0.6) is 0 Å². The van der Waals surface area contributed by atoms with Crippen LogP contribution < -0.4 is 4.72 Å². The second-order valence-corrected chi connectivity index (χ2v) is 6.55. The molecule has 4 nitrogen and oxygen atoms in total. The van der Waals surface area contributed by atoms with Crippen molar-refractivity contribution in [3.8, 4) is 0 Å². The lowest BCUT2D eigenvalue weighted by molar-refractivity contribution is -0.126. The summed E-state index contributed by atoms with van der Waals surface area (Å²) in [5, 5.41) is 0. The predicted molar refractivity (Wildman–Crippen MR) is 87.7 cm³/mol. The average molecular weight is 319 g/mol. The smallest absolute Gasteiger partial charge is 0.151 e. The maximum Gasteiger partial charge on any atom is 0.151 e. The van der Waals surface area contributed by atoms with Gasteiger partial charge in [0.05, 0.1) is 6.04 Å². The molecular formula is C17H21NO3S. The Morgan fingerprint density at radius 1 is 1.23 bits per heavy atom. The van der Waals surface area contributed by atoms with Gasteiger partial charge >= 0.3 is 0 Å². The van der Waals surface area contributed by atoms with Gasteiger partial charge in [-0.2, -0.15) is 0 Å². The Labute approximate surface area is 135 Å². The van der Waals surface area contributed by atoms with Crippen LogP contribution in [0.25, 0.3) is 0 Å². The van der Waals surface area contributed by atoms with E-state index in [4.69, 9.17) is 0 Å². The molecular weight excluding hydrogens is 298 g/mol. The number of carbonyl (C=O) groups is 3. The minimum Gasteiger partial charge on any atom is -0.303 e. The second kappa shape index (κ2) is 8.25. The summed E-state index contributed by atoms with van der Waals surface area (Å²) < 4.78 is 2.97. The molecule has 0 aromatic heterocycles. The molecule has 2 unspecified atom stereocenters. The summed E-state index contributed by atoms with van der Waals surface area (Å²) in [5.41, 5.74) is 2.34. The maximum atomic E-state index is 12.0. The molecule has 1 heterocycles. The highest BCUT2D eigenvalue weighted by Gasteiger charge is 2.32. The SMILES string of the molecule is Cc1ccc(CCC(=O)CCC(=O)C2NSCC2C=O)cc1. The fraction of sp³-hybridized carbons (Fsp3) is 0.471. The number of hydrogen-bond acceptors (Lipinski definition) is 5. The van der Waals surface area contributed by atoms with E-state index in [1.807, 2.05) is 31.2 Å². The molecule has 1 fully saturated rings. The molecule has 0 bridgehead atoms. The van der Waals surface area contributed by atoms with Gasteiger partial charge in [0, 0.05) is 30.9 Å². The summed E-state index contributed by atoms with van der Waals surface area (Å²) in [6.07, 6.45) is 2.48. The quantitative estimate of drug-likeness (QED) is 0.588. The van der Waals surface area contributed by atoms with Gasteiger partial charge in [0.1, 0.15) is 12.1 Å². The molecule has 5 heteroatoms. The number of hydrogen-bond donors (Lipinski definition) is 1. The lowest BCUT2D eigenvalue weighted by Crippen LogP contribution is -2.35. The molecule has 1 N–H and O–H groups in total. The molecule has 0 amide bonds. The Kier molecular flexibility index (Phi) is 6.34. The Hall–Kier alpha value is -1.46. The van der Waals surface area contributed by atoms with Crippen molar-refractivity contribution in [3.63, 3.8) is 0 Å². The summed E-state index contributed by atoms with van der Waals surface area (Å²) in [5.74, 6) is 0.426. The standard InChI is InChI=1S/C17H21NO3S/c1-12-2-4-13(5-3-12)6-7-15(20)8-9-16(21)17-14(10-19)11-22-18-17/h2-5,10,14,17-18H,6-9,11H2,1H3. The van der Waals surface area contributed by atoms with E-state index in [9.17, 15) is 14.4 Å². The molecule has 1 saturated heterocycles. The number of benzene rings is 1. The fourth-order valence-corrected chi connectivity index (χ4v) is 3.47. The van der Waals surface area contributed by atoms with Crippen molar-refractivity contribution in [3.05, 3.63) is 35.4 Å². The molecule has 2 atom stereocenters. The zero-order chi connectivity index (χ0) is 15.9. The van der Waals surface area contributed by atoms with E-state index in [0.717, 1.165) is 11.8 Å². The van der Waals surface area contributed by atoms with Gasteiger partial charge < -0.3 is 4.79 Å². The van der Waals surface area contributed by atoms with Gasteiger partial charge in [-0.15, -0.1) is 0 Å². The molecule has 1 aromatic carbocycles. The Bertz CT molecular complexity index is 541. The highest BCUT2D eigenvalue weighted by molar-refractivity contribution is 7.97. The van der Waals surface area contributed by atoms with Gasteiger partial charge in [-0.05, 0) is 18.9 Å². The first kappa shape index (κ1) is 16.9. The summed E-state index contributed by atoms with van der Waals surface area (Å²) in [4.78, 5) is 34.8. The third-order valence-corrected chi connectivity index (χ3v) is 4.87. The minimum absolute atomic E-state index is 0.0363. The first-order valence-corrected chi connectivity index (χ1v) is 8.51. The number of carbonyl (C=O) groups excluding carboxylic acids is 3. The number of aldehydes is 1. The topological polar surface area (TPSA) is 63.2 Å². The minimum atomic E-state index is -0.424. The molecule has 118 valence electrons. The van der Waals surface area contributed by atoms with Crippen molar-refractivity contribution < 1.29 is 14.4 Å². The van der Waals surface area contributed by atoms with Crippen LogP contribution in [0, 0.1) is 12.8 Å². The molecule has 22 heavy (non-hydrogen) atoms. The van der Waals surface area contributed by atoms with Gasteiger partial charge in [-0.3, -0.25) is 14.3 Å². The molecule has 2 rings (SSSR count). The third-order valence-electron chi connectivity index (χ3n) is 3.90. The van der Waals surface area contributed by atoms with Gasteiger partial charge in [0.2, 0.25) is 0 Å². The van der Waals surface area contributed by atoms with Crippen LogP contribution in [-0.2, 0) is 20.8 Å². The Balaban J connectivity index is 1.72. The van der Waals surface area contributed by atoms with Crippen molar-refractivity contribution >= 4 is 29.8 Å². The molecule has 1 aliphatic heterocycles. The summed E-state index contributed by atoms with van der Waals surface area (Å²) in [6.45, 7) is 2.03. The van der Waals surface area contributed by atoms with Crippen molar-refractivity contribution in [2.24, 2.45) is 5.92 Å². The third kappa shape index (κ3) is 4.78. The normalized spacial score (nSPS) is 20.8. The predicted octanol–water partition coefficient (Wildman–Crippen LogP) is 2.28. The molecule has 0 radical (unpaired) electrons. The summed E-state index contributed by atoms with van der Waals surface area (Å²) in [7, 11) is 0.